The first kappa shape index (κ1) is 9.06. The Morgan fingerprint density at radius 2 is 2.36 bits per heavy atom. The predicted octanol–water partition coefficient (Wildman–Crippen LogP) is 2.52. The molecule has 0 saturated heterocycles. The van der Waals surface area contributed by atoms with Gasteiger partial charge in [0.05, 0.1) is 12.5 Å². The van der Waals surface area contributed by atoms with Crippen molar-refractivity contribution in [3.05, 3.63) is 24.0 Å². The summed E-state index contributed by atoms with van der Waals surface area (Å²) in [5, 5.41) is 1.07. The van der Waals surface area contributed by atoms with E-state index in [1.54, 1.807) is 7.11 Å². The highest BCUT2D eigenvalue weighted by atomic mass is 16.5. The second-order valence-electron chi connectivity index (χ2n) is 3.31. The Balaban J connectivity index is 2.60. The first-order valence-corrected chi connectivity index (χ1v) is 4.85. The van der Waals surface area contributed by atoms with E-state index in [4.69, 9.17) is 4.74 Å². The van der Waals surface area contributed by atoms with Gasteiger partial charge in [0.15, 0.2) is 0 Å². The van der Waals surface area contributed by atoms with Gasteiger partial charge in [0.1, 0.15) is 11.4 Å². The number of nitrogens with zero attached hydrogens (tertiary/aromatic N) is 1. The molecule has 0 radical (unpaired) electrons. The quantitative estimate of drug-likeness (QED) is 0.807. The summed E-state index contributed by atoms with van der Waals surface area (Å²) in [5.41, 5.74) is 2.07. The fraction of sp³-hybridized carbons (Fsp3) is 0.364. The number of ether oxygens (including phenoxy) is 1. The van der Waals surface area contributed by atoms with Crippen molar-refractivity contribution in [3.8, 4) is 5.75 Å². The number of H-pyrrole nitrogens is 1. The molecule has 0 aliphatic heterocycles. The summed E-state index contributed by atoms with van der Waals surface area (Å²) in [7, 11) is 1.71. The third-order valence-electron chi connectivity index (χ3n) is 2.33. The number of rotatable bonds is 3. The van der Waals surface area contributed by atoms with Gasteiger partial charge in [-0.25, -0.2) is 4.98 Å². The van der Waals surface area contributed by atoms with Crippen molar-refractivity contribution in [2.75, 3.05) is 7.11 Å². The fourth-order valence-corrected chi connectivity index (χ4v) is 1.71. The van der Waals surface area contributed by atoms with Crippen molar-refractivity contribution >= 4 is 11.0 Å². The van der Waals surface area contributed by atoms with E-state index in [2.05, 4.69) is 16.9 Å². The molecular weight excluding hydrogens is 176 g/mol. The van der Waals surface area contributed by atoms with Crippen LogP contribution < -0.4 is 4.74 Å². The highest BCUT2D eigenvalue weighted by molar-refractivity contribution is 5.83. The van der Waals surface area contributed by atoms with E-state index in [0.717, 1.165) is 29.6 Å². The van der Waals surface area contributed by atoms with Gasteiger partial charge >= 0.3 is 0 Å². The number of nitrogens with one attached hydrogen (secondary N) is 1. The maximum Gasteiger partial charge on any atom is 0.140 e. The SMILES string of the molecule is CCCc1cnc2[nH]ccc2c1OC. The lowest BCUT2D eigenvalue weighted by atomic mass is 10.1. The van der Waals surface area contributed by atoms with Crippen LogP contribution in [0, 0.1) is 0 Å². The minimum atomic E-state index is 0.890. The fourth-order valence-electron chi connectivity index (χ4n) is 1.71. The van der Waals surface area contributed by atoms with Crippen LogP contribution in [0.4, 0.5) is 0 Å². The molecule has 0 bridgehead atoms. The molecule has 1 N–H and O–H groups in total. The summed E-state index contributed by atoms with van der Waals surface area (Å²) in [6.07, 6.45) is 5.89. The maximum absolute atomic E-state index is 5.41. The number of hydrogen-bond acceptors (Lipinski definition) is 2. The number of fused-ring (bicyclic) bond motifs is 1. The van der Waals surface area contributed by atoms with Crippen LogP contribution in [0.15, 0.2) is 18.5 Å². The van der Waals surface area contributed by atoms with Crippen molar-refractivity contribution in [1.82, 2.24) is 9.97 Å². The van der Waals surface area contributed by atoms with Crippen molar-refractivity contribution in [2.45, 2.75) is 19.8 Å². The summed E-state index contributed by atoms with van der Waals surface area (Å²) in [5.74, 6) is 0.957. The molecule has 0 fully saturated rings. The predicted molar refractivity (Wildman–Crippen MR) is 56.6 cm³/mol. The van der Waals surface area contributed by atoms with Crippen LogP contribution in [-0.4, -0.2) is 17.1 Å². The van der Waals surface area contributed by atoms with E-state index in [0.29, 0.717) is 0 Å². The zero-order valence-electron chi connectivity index (χ0n) is 8.50. The van der Waals surface area contributed by atoms with Gasteiger partial charge in [0.2, 0.25) is 0 Å². The van der Waals surface area contributed by atoms with E-state index in [9.17, 15) is 0 Å². The van der Waals surface area contributed by atoms with Gasteiger partial charge in [0.25, 0.3) is 0 Å². The Morgan fingerprint density at radius 3 is 3.07 bits per heavy atom. The molecule has 3 heteroatoms. The van der Waals surface area contributed by atoms with Crippen LogP contribution in [-0.2, 0) is 6.42 Å². The Kier molecular flexibility index (Phi) is 2.39. The Morgan fingerprint density at radius 1 is 1.50 bits per heavy atom. The summed E-state index contributed by atoms with van der Waals surface area (Å²) >= 11 is 0. The molecule has 0 atom stereocenters. The molecule has 0 spiro atoms. The lowest BCUT2D eigenvalue weighted by Crippen LogP contribution is -1.94. The third-order valence-corrected chi connectivity index (χ3v) is 2.33. The molecule has 0 unspecified atom stereocenters. The molecule has 0 amide bonds. The van der Waals surface area contributed by atoms with E-state index in [1.807, 2.05) is 18.5 Å². The Bertz CT molecular complexity index is 434. The molecule has 2 aromatic heterocycles. The summed E-state index contributed by atoms with van der Waals surface area (Å²) in [6, 6.07) is 2.00. The van der Waals surface area contributed by atoms with Crippen LogP contribution in [0.3, 0.4) is 0 Å². The van der Waals surface area contributed by atoms with Crippen molar-refractivity contribution < 1.29 is 4.74 Å². The molecule has 0 aliphatic carbocycles. The third kappa shape index (κ3) is 1.35. The Hall–Kier alpha value is -1.51. The largest absolute Gasteiger partial charge is 0.496 e. The number of hydrogen-bond donors (Lipinski definition) is 1. The molecule has 74 valence electrons. The summed E-state index contributed by atoms with van der Waals surface area (Å²) < 4.78 is 5.41. The molecule has 0 saturated carbocycles. The van der Waals surface area contributed by atoms with Crippen molar-refractivity contribution in [2.24, 2.45) is 0 Å². The minimum Gasteiger partial charge on any atom is -0.496 e. The first-order valence-electron chi connectivity index (χ1n) is 4.85. The molecule has 3 nitrogen and oxygen atoms in total. The molecule has 2 heterocycles. The average molecular weight is 190 g/mol. The molecule has 2 rings (SSSR count). The second-order valence-corrected chi connectivity index (χ2v) is 3.31. The van der Waals surface area contributed by atoms with Gasteiger partial charge in [-0.3, -0.25) is 0 Å². The van der Waals surface area contributed by atoms with Crippen LogP contribution in [0.5, 0.6) is 5.75 Å². The van der Waals surface area contributed by atoms with Gasteiger partial charge in [0, 0.05) is 18.0 Å². The summed E-state index contributed by atoms with van der Waals surface area (Å²) in [4.78, 5) is 7.41. The highest BCUT2D eigenvalue weighted by Crippen LogP contribution is 2.28. The zero-order valence-corrected chi connectivity index (χ0v) is 8.50. The van der Waals surface area contributed by atoms with Gasteiger partial charge in [-0.1, -0.05) is 13.3 Å². The second kappa shape index (κ2) is 3.70. The average Bonchev–Trinajstić information content (AvgIpc) is 2.66. The monoisotopic (exact) mass is 190 g/mol. The highest BCUT2D eigenvalue weighted by Gasteiger charge is 2.08. The molecule has 2 aromatic rings. The first-order chi connectivity index (χ1) is 6.86. The normalized spacial score (nSPS) is 10.7. The number of aromatic amines is 1. The lowest BCUT2D eigenvalue weighted by molar-refractivity contribution is 0.414. The van der Waals surface area contributed by atoms with E-state index in [1.165, 1.54) is 5.56 Å². The molecule has 0 aliphatic rings. The standard InChI is InChI=1S/C11H14N2O/c1-3-4-8-7-13-11-9(5-6-12-11)10(8)14-2/h5-7H,3-4H2,1-2H3,(H,12,13). The van der Waals surface area contributed by atoms with Crippen LogP contribution in [0.25, 0.3) is 11.0 Å². The molecule has 0 aromatic carbocycles. The number of methoxy groups -OCH3 is 1. The smallest absolute Gasteiger partial charge is 0.140 e. The lowest BCUT2D eigenvalue weighted by Gasteiger charge is -2.07. The zero-order chi connectivity index (χ0) is 9.97. The maximum atomic E-state index is 5.41. The topological polar surface area (TPSA) is 37.9 Å². The number of aromatic nitrogens is 2. The van der Waals surface area contributed by atoms with E-state index < -0.39 is 0 Å². The van der Waals surface area contributed by atoms with Crippen molar-refractivity contribution in [1.29, 1.82) is 0 Å². The van der Waals surface area contributed by atoms with Gasteiger partial charge in [-0.05, 0) is 12.5 Å². The van der Waals surface area contributed by atoms with Gasteiger partial charge in [-0.15, -0.1) is 0 Å². The number of pyridine rings is 1. The van der Waals surface area contributed by atoms with Crippen LogP contribution >= 0.6 is 0 Å². The van der Waals surface area contributed by atoms with Crippen LogP contribution in [0.1, 0.15) is 18.9 Å². The summed E-state index contributed by atoms with van der Waals surface area (Å²) in [6.45, 7) is 2.15. The van der Waals surface area contributed by atoms with Gasteiger partial charge < -0.3 is 9.72 Å². The van der Waals surface area contributed by atoms with Crippen LogP contribution in [0.2, 0.25) is 0 Å². The Labute approximate surface area is 83.1 Å². The molecular formula is C11H14N2O. The van der Waals surface area contributed by atoms with Crippen molar-refractivity contribution in [3.63, 3.8) is 0 Å². The minimum absolute atomic E-state index is 0.890. The van der Waals surface area contributed by atoms with E-state index >= 15 is 0 Å². The number of aryl methyl sites for hydroxylation is 1. The molecule has 14 heavy (non-hydrogen) atoms. The van der Waals surface area contributed by atoms with E-state index in [-0.39, 0.29) is 0 Å². The van der Waals surface area contributed by atoms with Gasteiger partial charge in [-0.2, -0.15) is 0 Å².